The molecule has 1 aromatic rings. The zero-order valence-corrected chi connectivity index (χ0v) is 13.7. The highest BCUT2D eigenvalue weighted by Gasteiger charge is 2.34. The van der Waals surface area contributed by atoms with Gasteiger partial charge in [0.1, 0.15) is 0 Å². The van der Waals surface area contributed by atoms with Gasteiger partial charge in [0.2, 0.25) is 0 Å². The number of halogens is 1. The van der Waals surface area contributed by atoms with E-state index in [0.29, 0.717) is 6.04 Å². The van der Waals surface area contributed by atoms with Gasteiger partial charge >= 0.3 is 0 Å². The Bertz CT molecular complexity index is 412. The molecule has 1 fully saturated rings. The van der Waals surface area contributed by atoms with Crippen molar-refractivity contribution in [3.05, 3.63) is 21.3 Å². The average Bonchev–Trinajstić information content (AvgIpc) is 3.06. The van der Waals surface area contributed by atoms with Crippen molar-refractivity contribution in [1.82, 2.24) is 4.90 Å². The van der Waals surface area contributed by atoms with Crippen LogP contribution in [0.5, 0.6) is 0 Å². The van der Waals surface area contributed by atoms with Crippen molar-refractivity contribution in [2.24, 2.45) is 5.73 Å². The van der Waals surface area contributed by atoms with E-state index in [1.807, 2.05) is 6.07 Å². The predicted octanol–water partition coefficient (Wildman–Crippen LogP) is 3.42. The molecule has 0 aromatic carbocycles. The first-order chi connectivity index (χ1) is 9.67. The third-order valence-electron chi connectivity index (χ3n) is 4.24. The van der Waals surface area contributed by atoms with Crippen molar-refractivity contribution >= 4 is 22.9 Å². The Morgan fingerprint density at radius 2 is 2.35 bits per heavy atom. The number of nitrogens with two attached hydrogens (primary N) is 1. The number of likely N-dealkylation sites (tertiary alicyclic amines) is 1. The molecule has 1 saturated heterocycles. The molecule has 0 amide bonds. The molecule has 114 valence electrons. The van der Waals surface area contributed by atoms with Gasteiger partial charge < -0.3 is 10.8 Å². The number of rotatable bonds is 7. The standard InChI is InChI=1S/C15H25ClN2OS/c1-2-12(17)15(13-7-8-14(16)20-13)18-9-3-5-11(18)6-4-10-19/h7-8,11-12,15,19H,2-6,9-10,17H2,1H3. The number of aliphatic hydroxyl groups is 1. The van der Waals surface area contributed by atoms with Crippen LogP contribution in [0.4, 0.5) is 0 Å². The Hall–Kier alpha value is -0.130. The van der Waals surface area contributed by atoms with Gasteiger partial charge in [-0.15, -0.1) is 11.3 Å². The zero-order chi connectivity index (χ0) is 14.5. The summed E-state index contributed by atoms with van der Waals surface area (Å²) in [6.07, 6.45) is 5.33. The summed E-state index contributed by atoms with van der Waals surface area (Å²) in [5.74, 6) is 0. The maximum atomic E-state index is 9.07. The van der Waals surface area contributed by atoms with E-state index < -0.39 is 0 Å². The Kier molecular flexibility index (Phi) is 6.30. The number of hydrogen-bond donors (Lipinski definition) is 2. The van der Waals surface area contributed by atoms with Crippen molar-refractivity contribution in [2.75, 3.05) is 13.2 Å². The van der Waals surface area contributed by atoms with Gasteiger partial charge in [-0.3, -0.25) is 4.90 Å². The highest BCUT2D eigenvalue weighted by atomic mass is 35.5. The maximum Gasteiger partial charge on any atom is 0.0931 e. The molecule has 1 aliphatic rings. The van der Waals surface area contributed by atoms with Crippen LogP contribution < -0.4 is 5.73 Å². The topological polar surface area (TPSA) is 49.5 Å². The second-order valence-corrected chi connectivity index (χ2v) is 7.31. The second-order valence-electron chi connectivity index (χ2n) is 5.56. The SMILES string of the molecule is CCC(N)C(c1ccc(Cl)s1)N1CCCC1CCCO. The molecule has 1 aliphatic heterocycles. The van der Waals surface area contributed by atoms with E-state index in [1.165, 1.54) is 17.7 Å². The van der Waals surface area contributed by atoms with E-state index in [4.69, 9.17) is 22.4 Å². The molecule has 2 heterocycles. The van der Waals surface area contributed by atoms with Crippen LogP contribution in [0.15, 0.2) is 12.1 Å². The maximum absolute atomic E-state index is 9.07. The van der Waals surface area contributed by atoms with Crippen LogP contribution in [0, 0.1) is 0 Å². The molecule has 3 N–H and O–H groups in total. The fraction of sp³-hybridized carbons (Fsp3) is 0.733. The minimum atomic E-state index is 0.138. The van der Waals surface area contributed by atoms with Crippen molar-refractivity contribution in [2.45, 2.75) is 57.2 Å². The first-order valence-electron chi connectivity index (χ1n) is 7.54. The quantitative estimate of drug-likeness (QED) is 0.810. The minimum Gasteiger partial charge on any atom is -0.396 e. The van der Waals surface area contributed by atoms with Crippen molar-refractivity contribution < 1.29 is 5.11 Å². The van der Waals surface area contributed by atoms with Crippen molar-refractivity contribution in [3.8, 4) is 0 Å². The number of hydrogen-bond acceptors (Lipinski definition) is 4. The van der Waals surface area contributed by atoms with Crippen LogP contribution in [0.3, 0.4) is 0 Å². The van der Waals surface area contributed by atoms with Gasteiger partial charge in [0, 0.05) is 23.6 Å². The molecule has 0 aliphatic carbocycles. The first-order valence-corrected chi connectivity index (χ1v) is 8.74. The third-order valence-corrected chi connectivity index (χ3v) is 5.54. The molecule has 3 nitrogen and oxygen atoms in total. The largest absolute Gasteiger partial charge is 0.396 e. The molecule has 1 aromatic heterocycles. The van der Waals surface area contributed by atoms with E-state index in [2.05, 4.69) is 17.9 Å². The smallest absolute Gasteiger partial charge is 0.0931 e. The summed E-state index contributed by atoms with van der Waals surface area (Å²) in [4.78, 5) is 3.83. The van der Waals surface area contributed by atoms with Crippen LogP contribution in [-0.4, -0.2) is 35.2 Å². The molecule has 5 heteroatoms. The van der Waals surface area contributed by atoms with Crippen LogP contribution in [0.1, 0.15) is 49.9 Å². The molecular weight excluding hydrogens is 292 g/mol. The Balaban J connectivity index is 2.17. The van der Waals surface area contributed by atoms with E-state index in [-0.39, 0.29) is 18.7 Å². The van der Waals surface area contributed by atoms with Crippen LogP contribution >= 0.6 is 22.9 Å². The summed E-state index contributed by atoms with van der Waals surface area (Å²) in [5.41, 5.74) is 6.40. The van der Waals surface area contributed by atoms with Gasteiger partial charge in [-0.1, -0.05) is 18.5 Å². The monoisotopic (exact) mass is 316 g/mol. The van der Waals surface area contributed by atoms with Crippen LogP contribution in [0.2, 0.25) is 4.34 Å². The summed E-state index contributed by atoms with van der Waals surface area (Å²) < 4.78 is 0.833. The van der Waals surface area contributed by atoms with Gasteiger partial charge in [0.25, 0.3) is 0 Å². The highest BCUT2D eigenvalue weighted by Crippen LogP contribution is 2.38. The zero-order valence-electron chi connectivity index (χ0n) is 12.1. The van der Waals surface area contributed by atoms with Crippen LogP contribution in [-0.2, 0) is 0 Å². The Morgan fingerprint density at radius 1 is 1.55 bits per heavy atom. The lowest BCUT2D eigenvalue weighted by Crippen LogP contribution is -2.43. The predicted molar refractivity (Wildman–Crippen MR) is 86.4 cm³/mol. The first kappa shape index (κ1) is 16.2. The van der Waals surface area contributed by atoms with Gasteiger partial charge in [0.15, 0.2) is 0 Å². The van der Waals surface area contributed by atoms with E-state index in [1.54, 1.807) is 11.3 Å². The number of thiophene rings is 1. The molecular formula is C15H25ClN2OS. The normalized spacial score (nSPS) is 23.1. The molecule has 0 radical (unpaired) electrons. The molecule has 20 heavy (non-hydrogen) atoms. The lowest BCUT2D eigenvalue weighted by Gasteiger charge is -2.36. The average molecular weight is 317 g/mol. The Labute approximate surface area is 130 Å². The summed E-state index contributed by atoms with van der Waals surface area (Å²) >= 11 is 7.75. The summed E-state index contributed by atoms with van der Waals surface area (Å²) in [7, 11) is 0. The number of nitrogens with zero attached hydrogens (tertiary/aromatic N) is 1. The molecule has 0 spiro atoms. The molecule has 2 rings (SSSR count). The van der Waals surface area contributed by atoms with Crippen molar-refractivity contribution in [3.63, 3.8) is 0 Å². The fourth-order valence-electron chi connectivity index (χ4n) is 3.19. The van der Waals surface area contributed by atoms with Crippen LogP contribution in [0.25, 0.3) is 0 Å². The van der Waals surface area contributed by atoms with Gasteiger partial charge in [-0.2, -0.15) is 0 Å². The molecule has 0 saturated carbocycles. The van der Waals surface area contributed by atoms with Gasteiger partial charge in [-0.05, 0) is 50.8 Å². The third kappa shape index (κ3) is 3.74. The van der Waals surface area contributed by atoms with E-state index in [9.17, 15) is 0 Å². The fourth-order valence-corrected chi connectivity index (χ4v) is 4.45. The molecule has 3 atom stereocenters. The summed E-state index contributed by atoms with van der Waals surface area (Å²) in [6.45, 7) is 3.52. The van der Waals surface area contributed by atoms with Crippen molar-refractivity contribution in [1.29, 1.82) is 0 Å². The number of aliphatic hydroxyl groups excluding tert-OH is 1. The summed E-state index contributed by atoms with van der Waals surface area (Å²) in [5, 5.41) is 9.07. The van der Waals surface area contributed by atoms with Gasteiger partial charge in [-0.25, -0.2) is 0 Å². The molecule has 0 bridgehead atoms. The highest BCUT2D eigenvalue weighted by molar-refractivity contribution is 7.16. The molecule has 3 unspecified atom stereocenters. The van der Waals surface area contributed by atoms with E-state index in [0.717, 1.165) is 30.1 Å². The Morgan fingerprint density at radius 3 is 2.95 bits per heavy atom. The van der Waals surface area contributed by atoms with Gasteiger partial charge in [0.05, 0.1) is 10.4 Å². The lowest BCUT2D eigenvalue weighted by atomic mass is 10.0. The lowest BCUT2D eigenvalue weighted by molar-refractivity contribution is 0.142. The second kappa shape index (κ2) is 7.76. The summed E-state index contributed by atoms with van der Waals surface area (Å²) in [6, 6.07) is 5.04. The van der Waals surface area contributed by atoms with E-state index >= 15 is 0 Å². The minimum absolute atomic E-state index is 0.138.